The van der Waals surface area contributed by atoms with Crippen LogP contribution in [0.4, 0.5) is 0 Å². The molecule has 0 unspecified atom stereocenters. The molecular formula is C18H28N4O2. The van der Waals surface area contributed by atoms with Crippen LogP contribution in [0.1, 0.15) is 32.3 Å². The molecule has 0 aromatic heterocycles. The predicted octanol–water partition coefficient (Wildman–Crippen LogP) is 1.66. The lowest BCUT2D eigenvalue weighted by Crippen LogP contribution is -2.38. The molecule has 0 bridgehead atoms. The van der Waals surface area contributed by atoms with Gasteiger partial charge in [0.15, 0.2) is 12.6 Å². The van der Waals surface area contributed by atoms with Crippen LogP contribution >= 0.6 is 0 Å². The molecule has 0 spiro atoms. The van der Waals surface area contributed by atoms with Crippen LogP contribution in [0.25, 0.3) is 0 Å². The van der Waals surface area contributed by atoms with Gasteiger partial charge in [0.2, 0.25) is 0 Å². The average molecular weight is 332 g/mol. The molecule has 0 heterocycles. The first-order chi connectivity index (χ1) is 11.6. The van der Waals surface area contributed by atoms with Crippen molar-refractivity contribution in [2.24, 2.45) is 10.9 Å². The van der Waals surface area contributed by atoms with Gasteiger partial charge in [-0.3, -0.25) is 9.79 Å². The summed E-state index contributed by atoms with van der Waals surface area (Å²) < 4.78 is 5.56. The van der Waals surface area contributed by atoms with Gasteiger partial charge in [-0.2, -0.15) is 0 Å². The van der Waals surface area contributed by atoms with Crippen LogP contribution in [-0.2, 0) is 11.3 Å². The highest BCUT2D eigenvalue weighted by atomic mass is 16.5. The first-order valence-corrected chi connectivity index (χ1v) is 8.52. The first-order valence-electron chi connectivity index (χ1n) is 8.52. The smallest absolute Gasteiger partial charge is 0.258 e. The lowest BCUT2D eigenvalue weighted by atomic mass is 10.2. The third-order valence-corrected chi connectivity index (χ3v) is 3.57. The van der Waals surface area contributed by atoms with Crippen LogP contribution in [-0.4, -0.2) is 38.1 Å². The molecule has 1 saturated carbocycles. The molecule has 0 atom stereocenters. The fourth-order valence-corrected chi connectivity index (χ4v) is 2.10. The van der Waals surface area contributed by atoms with Crippen molar-refractivity contribution in [1.29, 1.82) is 0 Å². The van der Waals surface area contributed by atoms with Crippen LogP contribution in [0.5, 0.6) is 5.75 Å². The zero-order chi connectivity index (χ0) is 17.4. The number of guanidine groups is 1. The van der Waals surface area contributed by atoms with Gasteiger partial charge >= 0.3 is 0 Å². The minimum Gasteiger partial charge on any atom is -0.484 e. The second-order valence-corrected chi connectivity index (χ2v) is 6.48. The summed E-state index contributed by atoms with van der Waals surface area (Å²) in [6.07, 6.45) is 2.16. The molecule has 132 valence electrons. The predicted molar refractivity (Wildman–Crippen MR) is 96.1 cm³/mol. The number of carbonyl (C=O) groups is 1. The van der Waals surface area contributed by atoms with Crippen molar-refractivity contribution in [1.82, 2.24) is 16.0 Å². The third-order valence-electron chi connectivity index (χ3n) is 3.57. The van der Waals surface area contributed by atoms with Gasteiger partial charge in [0, 0.05) is 26.2 Å². The second kappa shape index (κ2) is 9.15. The van der Waals surface area contributed by atoms with Gasteiger partial charge in [-0.05, 0) is 36.5 Å². The van der Waals surface area contributed by atoms with Crippen molar-refractivity contribution in [3.05, 3.63) is 29.8 Å². The van der Waals surface area contributed by atoms with E-state index in [1.807, 2.05) is 24.3 Å². The fraction of sp³-hybridized carbons (Fsp3) is 0.556. The van der Waals surface area contributed by atoms with E-state index >= 15 is 0 Å². The lowest BCUT2D eigenvalue weighted by Gasteiger charge is -2.14. The van der Waals surface area contributed by atoms with E-state index in [0.717, 1.165) is 30.9 Å². The van der Waals surface area contributed by atoms with Crippen molar-refractivity contribution in [2.45, 2.75) is 39.3 Å². The van der Waals surface area contributed by atoms with E-state index in [1.165, 1.54) is 0 Å². The maximum atomic E-state index is 11.7. The van der Waals surface area contributed by atoms with Crippen LogP contribution in [0.2, 0.25) is 0 Å². The number of hydrogen-bond donors (Lipinski definition) is 3. The van der Waals surface area contributed by atoms with Crippen molar-refractivity contribution in [3.63, 3.8) is 0 Å². The first kappa shape index (κ1) is 18.1. The Morgan fingerprint density at radius 2 is 2.12 bits per heavy atom. The van der Waals surface area contributed by atoms with Gasteiger partial charge in [0.25, 0.3) is 5.91 Å². The molecule has 1 aromatic rings. The number of benzene rings is 1. The van der Waals surface area contributed by atoms with E-state index in [-0.39, 0.29) is 12.5 Å². The molecular weight excluding hydrogens is 304 g/mol. The molecule has 6 nitrogen and oxygen atoms in total. The Bertz CT molecular complexity index is 568. The topological polar surface area (TPSA) is 74.8 Å². The maximum Gasteiger partial charge on any atom is 0.258 e. The van der Waals surface area contributed by atoms with E-state index in [1.54, 1.807) is 7.05 Å². The van der Waals surface area contributed by atoms with E-state index in [0.29, 0.717) is 24.3 Å². The summed E-state index contributed by atoms with van der Waals surface area (Å²) in [6, 6.07) is 8.10. The number of rotatable bonds is 8. The summed E-state index contributed by atoms with van der Waals surface area (Å²) in [7, 11) is 1.76. The quantitative estimate of drug-likeness (QED) is 0.500. The van der Waals surface area contributed by atoms with Crippen LogP contribution in [0.3, 0.4) is 0 Å². The number of carbonyl (C=O) groups excluding carboxylic acids is 1. The van der Waals surface area contributed by atoms with E-state index in [9.17, 15) is 4.79 Å². The average Bonchev–Trinajstić information content (AvgIpc) is 3.37. The number of ether oxygens (including phenoxy) is 1. The Hall–Kier alpha value is -2.24. The number of aliphatic imine (C=N–C) groups is 1. The van der Waals surface area contributed by atoms with Crippen molar-refractivity contribution in [2.75, 3.05) is 20.2 Å². The van der Waals surface area contributed by atoms with Crippen LogP contribution in [0, 0.1) is 5.92 Å². The molecule has 0 saturated heterocycles. The van der Waals surface area contributed by atoms with Crippen molar-refractivity contribution >= 4 is 11.9 Å². The summed E-state index contributed by atoms with van der Waals surface area (Å²) in [4.78, 5) is 15.9. The van der Waals surface area contributed by atoms with Crippen LogP contribution < -0.4 is 20.7 Å². The van der Waals surface area contributed by atoms with Crippen molar-refractivity contribution < 1.29 is 9.53 Å². The normalized spacial score (nSPS) is 14.4. The third kappa shape index (κ3) is 6.89. The van der Waals surface area contributed by atoms with E-state index in [2.05, 4.69) is 34.8 Å². The molecule has 3 N–H and O–H groups in total. The monoisotopic (exact) mass is 332 g/mol. The molecule has 0 radical (unpaired) electrons. The number of nitrogens with one attached hydrogen (secondary N) is 3. The second-order valence-electron chi connectivity index (χ2n) is 6.48. The van der Waals surface area contributed by atoms with Crippen LogP contribution in [0.15, 0.2) is 29.3 Å². The van der Waals surface area contributed by atoms with E-state index in [4.69, 9.17) is 4.74 Å². The highest BCUT2D eigenvalue weighted by Crippen LogP contribution is 2.18. The maximum absolute atomic E-state index is 11.7. The summed E-state index contributed by atoms with van der Waals surface area (Å²) in [6.45, 7) is 5.88. The summed E-state index contributed by atoms with van der Waals surface area (Å²) in [5, 5.41) is 9.45. The summed E-state index contributed by atoms with van der Waals surface area (Å²) >= 11 is 0. The molecule has 0 aliphatic heterocycles. The Kier molecular flexibility index (Phi) is 6.90. The SMILES string of the molecule is CN=C(NCc1cccc(OCC(=O)NC2CC2)c1)NCC(C)C. The Labute approximate surface area is 144 Å². The van der Waals surface area contributed by atoms with E-state index < -0.39 is 0 Å². The molecule has 1 aliphatic carbocycles. The standard InChI is InChI=1S/C18H28N4O2/c1-13(2)10-20-18(19-3)21-11-14-5-4-6-16(9-14)24-12-17(23)22-15-7-8-15/h4-6,9,13,15H,7-8,10-12H2,1-3H3,(H,22,23)(H2,19,20,21). The molecule has 1 amide bonds. The van der Waals surface area contributed by atoms with Gasteiger partial charge in [-0.1, -0.05) is 26.0 Å². The zero-order valence-corrected chi connectivity index (χ0v) is 14.8. The zero-order valence-electron chi connectivity index (χ0n) is 14.8. The lowest BCUT2D eigenvalue weighted by molar-refractivity contribution is -0.123. The highest BCUT2D eigenvalue weighted by Gasteiger charge is 2.23. The molecule has 2 rings (SSSR count). The highest BCUT2D eigenvalue weighted by molar-refractivity contribution is 5.79. The molecule has 1 aliphatic rings. The van der Waals surface area contributed by atoms with Gasteiger partial charge in [0.1, 0.15) is 5.75 Å². The van der Waals surface area contributed by atoms with Gasteiger partial charge < -0.3 is 20.7 Å². The minimum absolute atomic E-state index is 0.0562. The van der Waals surface area contributed by atoms with Gasteiger partial charge in [-0.25, -0.2) is 0 Å². The summed E-state index contributed by atoms with van der Waals surface area (Å²) in [5.41, 5.74) is 1.07. The molecule has 24 heavy (non-hydrogen) atoms. The largest absolute Gasteiger partial charge is 0.484 e. The molecule has 1 fully saturated rings. The Morgan fingerprint density at radius 1 is 1.33 bits per heavy atom. The number of hydrogen-bond acceptors (Lipinski definition) is 3. The number of nitrogens with zero attached hydrogens (tertiary/aromatic N) is 1. The van der Waals surface area contributed by atoms with Gasteiger partial charge in [-0.15, -0.1) is 0 Å². The van der Waals surface area contributed by atoms with Gasteiger partial charge in [0.05, 0.1) is 0 Å². The molecule has 1 aromatic carbocycles. The molecule has 6 heteroatoms. The minimum atomic E-state index is -0.0562. The fourth-order valence-electron chi connectivity index (χ4n) is 2.10. The summed E-state index contributed by atoms with van der Waals surface area (Å²) in [5.74, 6) is 1.98. The number of amides is 1. The van der Waals surface area contributed by atoms with Crippen molar-refractivity contribution in [3.8, 4) is 5.75 Å². The Balaban J connectivity index is 1.77. The Morgan fingerprint density at radius 3 is 2.79 bits per heavy atom.